The van der Waals surface area contributed by atoms with Gasteiger partial charge in [-0.2, -0.15) is 5.10 Å². The predicted molar refractivity (Wildman–Crippen MR) is 68.5 cm³/mol. The van der Waals surface area contributed by atoms with Gasteiger partial charge in [-0.25, -0.2) is 0 Å². The van der Waals surface area contributed by atoms with Crippen LogP contribution in [0.25, 0.3) is 0 Å². The van der Waals surface area contributed by atoms with Crippen LogP contribution in [0, 0.1) is 19.3 Å². The summed E-state index contributed by atoms with van der Waals surface area (Å²) < 4.78 is 2.10. The molecule has 2 atom stereocenters. The zero-order valence-corrected chi connectivity index (χ0v) is 11.4. The monoisotopic (exact) mass is 223 g/mol. The minimum Gasteiger partial charge on any atom is -0.326 e. The number of hydrogen-bond acceptors (Lipinski definition) is 2. The molecule has 0 fully saturated rings. The molecule has 0 aliphatic rings. The Hall–Kier alpha value is -0.830. The summed E-state index contributed by atoms with van der Waals surface area (Å²) in [5.41, 5.74) is 8.64. The van der Waals surface area contributed by atoms with Crippen molar-refractivity contribution in [2.75, 3.05) is 0 Å². The Balaban J connectivity index is 3.16. The molecule has 16 heavy (non-hydrogen) atoms. The average molecular weight is 223 g/mol. The third kappa shape index (κ3) is 2.64. The third-order valence-corrected chi connectivity index (χ3v) is 3.07. The fourth-order valence-electron chi connectivity index (χ4n) is 2.34. The molecule has 0 aliphatic heterocycles. The van der Waals surface area contributed by atoms with Crippen molar-refractivity contribution in [3.05, 3.63) is 17.5 Å². The van der Waals surface area contributed by atoms with Crippen LogP contribution in [-0.2, 0) is 0 Å². The summed E-state index contributed by atoms with van der Waals surface area (Å²) in [4.78, 5) is 0. The highest BCUT2D eigenvalue weighted by Crippen LogP contribution is 2.34. The molecule has 0 bridgehead atoms. The van der Waals surface area contributed by atoms with Crippen LogP contribution in [0.3, 0.4) is 0 Å². The molecule has 0 saturated carbocycles. The van der Waals surface area contributed by atoms with E-state index < -0.39 is 0 Å². The molecule has 92 valence electrons. The Kier molecular flexibility index (Phi) is 3.79. The molecule has 0 saturated heterocycles. The van der Waals surface area contributed by atoms with Crippen molar-refractivity contribution in [2.24, 2.45) is 11.1 Å². The molecular weight excluding hydrogens is 198 g/mol. The van der Waals surface area contributed by atoms with E-state index in [9.17, 15) is 0 Å². The maximum Gasteiger partial charge on any atom is 0.0721 e. The lowest BCUT2D eigenvalue weighted by molar-refractivity contribution is 0.183. The van der Waals surface area contributed by atoms with Gasteiger partial charge in [0.1, 0.15) is 0 Å². The molecule has 2 N–H and O–H groups in total. The largest absolute Gasteiger partial charge is 0.326 e. The van der Waals surface area contributed by atoms with Gasteiger partial charge in [-0.05, 0) is 31.7 Å². The van der Waals surface area contributed by atoms with Gasteiger partial charge in [-0.3, -0.25) is 4.68 Å². The Bertz CT molecular complexity index is 347. The first-order chi connectivity index (χ1) is 7.27. The number of aromatic nitrogens is 2. The highest BCUT2D eigenvalue weighted by atomic mass is 15.3. The van der Waals surface area contributed by atoms with Gasteiger partial charge in [0.25, 0.3) is 0 Å². The molecule has 1 aromatic heterocycles. The van der Waals surface area contributed by atoms with Crippen LogP contribution in [0.5, 0.6) is 0 Å². The van der Waals surface area contributed by atoms with Crippen molar-refractivity contribution in [3.63, 3.8) is 0 Å². The first-order valence-corrected chi connectivity index (χ1v) is 6.05. The molecule has 0 amide bonds. The van der Waals surface area contributed by atoms with Crippen LogP contribution in [-0.4, -0.2) is 15.8 Å². The van der Waals surface area contributed by atoms with Gasteiger partial charge in [0, 0.05) is 11.7 Å². The normalized spacial score (nSPS) is 16.2. The van der Waals surface area contributed by atoms with E-state index in [0.717, 1.165) is 12.1 Å². The molecule has 2 unspecified atom stereocenters. The summed E-state index contributed by atoms with van der Waals surface area (Å²) in [5.74, 6) is 0. The lowest BCUT2D eigenvalue weighted by Gasteiger charge is -2.36. The van der Waals surface area contributed by atoms with E-state index in [1.54, 1.807) is 0 Å². The highest BCUT2D eigenvalue weighted by molar-refractivity contribution is 5.09. The second kappa shape index (κ2) is 4.58. The summed E-state index contributed by atoms with van der Waals surface area (Å²) in [6.45, 7) is 12.9. The SMILES string of the molecule is CCC(N)C(n1nc(C)cc1C)C(C)(C)C. The lowest BCUT2D eigenvalue weighted by Crippen LogP contribution is -2.40. The molecule has 3 nitrogen and oxygen atoms in total. The first kappa shape index (κ1) is 13.2. The smallest absolute Gasteiger partial charge is 0.0721 e. The van der Waals surface area contributed by atoms with Gasteiger partial charge >= 0.3 is 0 Å². The van der Waals surface area contributed by atoms with E-state index in [2.05, 4.69) is 50.5 Å². The second-order valence-electron chi connectivity index (χ2n) is 5.75. The summed E-state index contributed by atoms with van der Waals surface area (Å²) in [6, 6.07) is 2.52. The topological polar surface area (TPSA) is 43.8 Å². The van der Waals surface area contributed by atoms with Crippen molar-refractivity contribution < 1.29 is 0 Å². The Labute approximate surface area is 99.0 Å². The standard InChI is InChI=1S/C13H25N3/c1-7-11(14)12(13(4,5)6)16-10(3)8-9(2)15-16/h8,11-12H,7,14H2,1-6H3. The Morgan fingerprint density at radius 2 is 1.94 bits per heavy atom. The summed E-state index contributed by atoms with van der Waals surface area (Å²) >= 11 is 0. The molecular formula is C13H25N3. The van der Waals surface area contributed by atoms with Crippen LogP contribution >= 0.6 is 0 Å². The van der Waals surface area contributed by atoms with Crippen LogP contribution < -0.4 is 5.73 Å². The van der Waals surface area contributed by atoms with Crippen LogP contribution in [0.15, 0.2) is 6.07 Å². The molecule has 0 aliphatic carbocycles. The molecule has 0 aromatic carbocycles. The first-order valence-electron chi connectivity index (χ1n) is 6.05. The average Bonchev–Trinajstić information content (AvgIpc) is 2.43. The van der Waals surface area contributed by atoms with E-state index in [1.165, 1.54) is 5.69 Å². The quantitative estimate of drug-likeness (QED) is 0.856. The Morgan fingerprint density at radius 1 is 1.38 bits per heavy atom. The van der Waals surface area contributed by atoms with E-state index in [1.807, 2.05) is 6.92 Å². The maximum absolute atomic E-state index is 6.25. The van der Waals surface area contributed by atoms with Gasteiger partial charge in [0.05, 0.1) is 11.7 Å². The van der Waals surface area contributed by atoms with Crippen molar-refractivity contribution in [2.45, 2.75) is 60.0 Å². The summed E-state index contributed by atoms with van der Waals surface area (Å²) in [7, 11) is 0. The van der Waals surface area contributed by atoms with Gasteiger partial charge in [-0.1, -0.05) is 27.7 Å². The van der Waals surface area contributed by atoms with Gasteiger partial charge in [0.2, 0.25) is 0 Å². The lowest BCUT2D eigenvalue weighted by atomic mass is 9.81. The fourth-order valence-corrected chi connectivity index (χ4v) is 2.34. The van der Waals surface area contributed by atoms with E-state index >= 15 is 0 Å². The van der Waals surface area contributed by atoms with Crippen LogP contribution in [0.4, 0.5) is 0 Å². The van der Waals surface area contributed by atoms with Crippen LogP contribution in [0.1, 0.15) is 51.5 Å². The van der Waals surface area contributed by atoms with Crippen molar-refractivity contribution in [1.82, 2.24) is 9.78 Å². The minimum absolute atomic E-state index is 0.124. The Morgan fingerprint density at radius 3 is 2.25 bits per heavy atom. The number of aryl methyl sites for hydroxylation is 2. The molecule has 1 heterocycles. The van der Waals surface area contributed by atoms with Gasteiger partial charge in [0.15, 0.2) is 0 Å². The molecule has 0 radical (unpaired) electrons. The van der Waals surface area contributed by atoms with Crippen LogP contribution in [0.2, 0.25) is 0 Å². The second-order valence-corrected chi connectivity index (χ2v) is 5.75. The highest BCUT2D eigenvalue weighted by Gasteiger charge is 2.32. The summed E-state index contributed by atoms with van der Waals surface area (Å²) in [5, 5.41) is 4.58. The fraction of sp³-hybridized carbons (Fsp3) is 0.769. The minimum atomic E-state index is 0.124. The predicted octanol–water partition coefficient (Wildman–Crippen LogP) is 2.82. The molecule has 1 aromatic rings. The molecule has 3 heteroatoms. The number of nitrogens with two attached hydrogens (primary N) is 1. The van der Waals surface area contributed by atoms with Crippen molar-refractivity contribution in [1.29, 1.82) is 0 Å². The van der Waals surface area contributed by atoms with E-state index in [0.29, 0.717) is 0 Å². The zero-order valence-electron chi connectivity index (χ0n) is 11.4. The summed E-state index contributed by atoms with van der Waals surface area (Å²) in [6.07, 6.45) is 0.973. The van der Waals surface area contributed by atoms with E-state index in [-0.39, 0.29) is 17.5 Å². The molecule has 1 rings (SSSR count). The number of hydrogen-bond donors (Lipinski definition) is 1. The molecule has 0 spiro atoms. The van der Waals surface area contributed by atoms with Crippen molar-refractivity contribution in [3.8, 4) is 0 Å². The van der Waals surface area contributed by atoms with E-state index in [4.69, 9.17) is 5.73 Å². The zero-order chi connectivity index (χ0) is 12.5. The third-order valence-electron chi connectivity index (χ3n) is 3.07. The van der Waals surface area contributed by atoms with Crippen molar-refractivity contribution >= 4 is 0 Å². The van der Waals surface area contributed by atoms with Gasteiger partial charge in [-0.15, -0.1) is 0 Å². The van der Waals surface area contributed by atoms with Gasteiger partial charge < -0.3 is 5.73 Å². The number of nitrogens with zero attached hydrogens (tertiary/aromatic N) is 2. The maximum atomic E-state index is 6.25. The number of rotatable bonds is 3.